The third kappa shape index (κ3) is 2.14. The molecule has 4 rings (SSSR count). The minimum absolute atomic E-state index is 0.0374. The number of ether oxygens (including phenoxy) is 1. The van der Waals surface area contributed by atoms with E-state index in [2.05, 4.69) is 10.2 Å². The predicted octanol–water partition coefficient (Wildman–Crippen LogP) is 1.67. The summed E-state index contributed by atoms with van der Waals surface area (Å²) in [5.41, 5.74) is 2.82. The minimum Gasteiger partial charge on any atom is -0.456 e. The third-order valence-corrected chi connectivity index (χ3v) is 5.73. The highest BCUT2D eigenvalue weighted by Crippen LogP contribution is 2.44. The zero-order chi connectivity index (χ0) is 13.6. The number of nitrogens with one attached hydrogen (secondary N) is 1. The monoisotopic (exact) mass is 276 g/mol. The molecule has 110 valence electrons. The highest BCUT2D eigenvalue weighted by Gasteiger charge is 2.42. The Hall–Kier alpha value is -1.03. The summed E-state index contributed by atoms with van der Waals surface area (Å²) in [7, 11) is 0. The molecule has 1 N–H and O–H groups in total. The molecule has 0 radical (unpaired) electrons. The lowest BCUT2D eigenvalue weighted by Crippen LogP contribution is -2.45. The van der Waals surface area contributed by atoms with Crippen LogP contribution in [0.15, 0.2) is 11.3 Å². The number of carbonyl (C=O) groups is 1. The number of piperidine rings is 2. The molecular weight excluding hydrogens is 252 g/mol. The second-order valence-electron chi connectivity index (χ2n) is 6.95. The maximum atomic E-state index is 11.9. The van der Waals surface area contributed by atoms with Crippen molar-refractivity contribution in [2.24, 2.45) is 11.3 Å². The Balaban J connectivity index is 1.47. The van der Waals surface area contributed by atoms with Crippen LogP contribution in [0.3, 0.4) is 0 Å². The van der Waals surface area contributed by atoms with Crippen molar-refractivity contribution < 1.29 is 9.53 Å². The normalized spacial score (nSPS) is 30.0. The fourth-order valence-corrected chi connectivity index (χ4v) is 4.15. The van der Waals surface area contributed by atoms with Gasteiger partial charge in [-0.1, -0.05) is 0 Å². The zero-order valence-electron chi connectivity index (χ0n) is 12.1. The number of likely N-dealkylation sites (tertiary alicyclic amines) is 1. The summed E-state index contributed by atoms with van der Waals surface area (Å²) in [4.78, 5) is 14.3. The molecule has 20 heavy (non-hydrogen) atoms. The second kappa shape index (κ2) is 4.76. The van der Waals surface area contributed by atoms with Crippen molar-refractivity contribution in [3.05, 3.63) is 11.3 Å². The van der Waals surface area contributed by atoms with Crippen molar-refractivity contribution in [3.63, 3.8) is 0 Å². The SMILES string of the molecule is O=C1OCC(N2CCC3(CCNCC3)CC2)=C1C1CC1. The van der Waals surface area contributed by atoms with Crippen molar-refractivity contribution >= 4 is 5.97 Å². The quantitative estimate of drug-likeness (QED) is 0.779. The lowest BCUT2D eigenvalue weighted by atomic mass is 9.71. The Morgan fingerprint density at radius 3 is 2.45 bits per heavy atom. The molecule has 0 unspecified atom stereocenters. The number of hydrogen-bond acceptors (Lipinski definition) is 4. The van der Waals surface area contributed by atoms with Crippen molar-refractivity contribution in [1.82, 2.24) is 10.2 Å². The zero-order valence-corrected chi connectivity index (χ0v) is 12.1. The van der Waals surface area contributed by atoms with Crippen LogP contribution in [0.2, 0.25) is 0 Å². The molecule has 3 heterocycles. The molecule has 0 atom stereocenters. The van der Waals surface area contributed by atoms with Crippen molar-refractivity contribution in [2.75, 3.05) is 32.8 Å². The van der Waals surface area contributed by atoms with Gasteiger partial charge >= 0.3 is 5.97 Å². The van der Waals surface area contributed by atoms with Gasteiger partial charge in [-0.15, -0.1) is 0 Å². The molecule has 1 saturated carbocycles. The summed E-state index contributed by atoms with van der Waals surface area (Å²) in [5, 5.41) is 3.47. The molecular formula is C16H24N2O2. The van der Waals surface area contributed by atoms with E-state index in [0.717, 1.165) is 18.7 Å². The van der Waals surface area contributed by atoms with Gasteiger partial charge in [0.15, 0.2) is 0 Å². The Kier molecular flexibility index (Phi) is 3.02. The highest BCUT2D eigenvalue weighted by molar-refractivity contribution is 5.92. The summed E-state index contributed by atoms with van der Waals surface area (Å²) in [6, 6.07) is 0. The van der Waals surface area contributed by atoms with Crippen molar-refractivity contribution in [1.29, 1.82) is 0 Å². The van der Waals surface area contributed by atoms with Gasteiger partial charge in [-0.25, -0.2) is 4.79 Å². The third-order valence-electron chi connectivity index (χ3n) is 5.73. The van der Waals surface area contributed by atoms with E-state index in [4.69, 9.17) is 4.74 Å². The fraction of sp³-hybridized carbons (Fsp3) is 0.812. The first-order chi connectivity index (χ1) is 9.77. The molecule has 1 aliphatic carbocycles. The van der Waals surface area contributed by atoms with Crippen LogP contribution in [-0.4, -0.2) is 43.7 Å². The van der Waals surface area contributed by atoms with E-state index < -0.39 is 0 Å². The van der Waals surface area contributed by atoms with E-state index in [0.29, 0.717) is 17.9 Å². The van der Waals surface area contributed by atoms with E-state index in [1.807, 2.05) is 0 Å². The Morgan fingerprint density at radius 1 is 1.10 bits per heavy atom. The maximum Gasteiger partial charge on any atom is 0.336 e. The molecule has 0 amide bonds. The highest BCUT2D eigenvalue weighted by atomic mass is 16.5. The first kappa shape index (κ1) is 12.7. The molecule has 0 aromatic rings. The van der Waals surface area contributed by atoms with E-state index in [9.17, 15) is 4.79 Å². The van der Waals surface area contributed by atoms with E-state index in [1.165, 1.54) is 57.3 Å². The predicted molar refractivity (Wildman–Crippen MR) is 76.1 cm³/mol. The molecule has 4 aliphatic rings. The topological polar surface area (TPSA) is 41.6 Å². The molecule has 2 saturated heterocycles. The Labute approximate surface area is 120 Å². The van der Waals surface area contributed by atoms with Gasteiger partial charge in [-0.3, -0.25) is 0 Å². The van der Waals surface area contributed by atoms with Crippen LogP contribution >= 0.6 is 0 Å². The molecule has 4 heteroatoms. The van der Waals surface area contributed by atoms with Crippen molar-refractivity contribution in [2.45, 2.75) is 38.5 Å². The van der Waals surface area contributed by atoms with Crippen LogP contribution < -0.4 is 5.32 Å². The smallest absolute Gasteiger partial charge is 0.336 e. The number of hydrogen-bond donors (Lipinski definition) is 1. The summed E-state index contributed by atoms with van der Waals surface area (Å²) in [6.45, 7) is 5.11. The van der Waals surface area contributed by atoms with Crippen LogP contribution in [0.25, 0.3) is 0 Å². The van der Waals surface area contributed by atoms with Gasteiger partial charge in [-0.2, -0.15) is 0 Å². The van der Waals surface area contributed by atoms with Crippen LogP contribution in [-0.2, 0) is 9.53 Å². The summed E-state index contributed by atoms with van der Waals surface area (Å²) >= 11 is 0. The number of rotatable bonds is 2. The number of nitrogens with zero attached hydrogens (tertiary/aromatic N) is 1. The molecule has 3 aliphatic heterocycles. The molecule has 0 aromatic carbocycles. The van der Waals surface area contributed by atoms with Gasteiger partial charge in [0, 0.05) is 13.1 Å². The molecule has 0 bridgehead atoms. The number of carbonyl (C=O) groups excluding carboxylic acids is 1. The first-order valence-corrected chi connectivity index (χ1v) is 8.13. The lowest BCUT2D eigenvalue weighted by molar-refractivity contribution is -0.136. The van der Waals surface area contributed by atoms with Gasteiger partial charge in [0.2, 0.25) is 0 Å². The minimum atomic E-state index is -0.0374. The summed E-state index contributed by atoms with van der Waals surface area (Å²) in [6.07, 6.45) is 7.57. The lowest BCUT2D eigenvalue weighted by Gasteiger charge is -2.45. The molecule has 0 aromatic heterocycles. The van der Waals surface area contributed by atoms with Crippen LogP contribution in [0.5, 0.6) is 0 Å². The molecule has 3 fully saturated rings. The average molecular weight is 276 g/mol. The van der Waals surface area contributed by atoms with E-state index >= 15 is 0 Å². The van der Waals surface area contributed by atoms with E-state index in [1.54, 1.807) is 0 Å². The standard InChI is InChI=1S/C16H24N2O2/c19-15-14(12-1-2-12)13(11-20-15)18-9-5-16(6-10-18)3-7-17-8-4-16/h12,17H,1-11H2. The summed E-state index contributed by atoms with van der Waals surface area (Å²) < 4.78 is 5.30. The molecule has 1 spiro atoms. The average Bonchev–Trinajstić information content (AvgIpc) is 3.24. The van der Waals surface area contributed by atoms with Gasteiger partial charge in [-0.05, 0) is 62.9 Å². The van der Waals surface area contributed by atoms with Gasteiger partial charge in [0.1, 0.15) is 6.61 Å². The van der Waals surface area contributed by atoms with Crippen molar-refractivity contribution in [3.8, 4) is 0 Å². The number of cyclic esters (lactones) is 1. The maximum absolute atomic E-state index is 11.9. The summed E-state index contributed by atoms with van der Waals surface area (Å²) in [5.74, 6) is 0.472. The van der Waals surface area contributed by atoms with Gasteiger partial charge < -0.3 is 15.0 Å². The van der Waals surface area contributed by atoms with Crippen LogP contribution in [0.4, 0.5) is 0 Å². The Morgan fingerprint density at radius 2 is 1.80 bits per heavy atom. The van der Waals surface area contributed by atoms with Gasteiger partial charge in [0.25, 0.3) is 0 Å². The van der Waals surface area contributed by atoms with Crippen LogP contribution in [0, 0.1) is 11.3 Å². The van der Waals surface area contributed by atoms with E-state index in [-0.39, 0.29) is 5.97 Å². The molecule has 4 nitrogen and oxygen atoms in total. The fourth-order valence-electron chi connectivity index (χ4n) is 4.15. The number of esters is 1. The second-order valence-corrected chi connectivity index (χ2v) is 6.95. The van der Waals surface area contributed by atoms with Gasteiger partial charge in [0.05, 0.1) is 11.3 Å². The Bertz CT molecular complexity index is 437. The van der Waals surface area contributed by atoms with Crippen LogP contribution in [0.1, 0.15) is 38.5 Å². The largest absolute Gasteiger partial charge is 0.456 e. The first-order valence-electron chi connectivity index (χ1n) is 8.13.